The molecule has 7 nitrogen and oxygen atoms in total. The lowest BCUT2D eigenvalue weighted by molar-refractivity contribution is 0.101. The largest absolute Gasteiger partial charge is 0.497 e. The predicted octanol–water partition coefficient (Wildman–Crippen LogP) is 3.26. The van der Waals surface area contributed by atoms with Crippen LogP contribution in [-0.4, -0.2) is 57.1 Å². The number of carbonyl (C=O) groups is 2. The Hall–Kier alpha value is -3.22. The molecule has 7 heteroatoms. The van der Waals surface area contributed by atoms with Crippen LogP contribution in [0.1, 0.15) is 17.3 Å². The maximum absolute atomic E-state index is 12.5. The van der Waals surface area contributed by atoms with Gasteiger partial charge in [0.2, 0.25) is 0 Å². The van der Waals surface area contributed by atoms with Crippen LogP contribution in [0.5, 0.6) is 11.5 Å². The molecule has 0 unspecified atom stereocenters. The van der Waals surface area contributed by atoms with E-state index in [1.165, 1.54) is 6.92 Å². The number of hydrogen-bond donors (Lipinski definition) is 1. The molecule has 1 N–H and O–H groups in total. The van der Waals surface area contributed by atoms with Crippen LogP contribution in [0.25, 0.3) is 0 Å². The van der Waals surface area contributed by atoms with E-state index in [9.17, 15) is 9.59 Å². The van der Waals surface area contributed by atoms with Gasteiger partial charge in [0.05, 0.1) is 19.9 Å². The first-order chi connectivity index (χ1) is 13.5. The fourth-order valence-corrected chi connectivity index (χ4v) is 3.19. The number of urea groups is 1. The van der Waals surface area contributed by atoms with E-state index in [1.807, 2.05) is 18.2 Å². The van der Waals surface area contributed by atoms with Gasteiger partial charge in [0.25, 0.3) is 0 Å². The molecule has 2 aromatic rings. The van der Waals surface area contributed by atoms with E-state index in [2.05, 4.69) is 10.2 Å². The first kappa shape index (κ1) is 19.5. The average molecular weight is 383 g/mol. The number of nitrogens with one attached hydrogen (secondary N) is 1. The molecule has 0 spiro atoms. The van der Waals surface area contributed by atoms with Crippen LogP contribution in [0.15, 0.2) is 42.5 Å². The second-order valence-corrected chi connectivity index (χ2v) is 6.58. The molecular weight excluding hydrogens is 358 g/mol. The average Bonchev–Trinajstić information content (AvgIpc) is 2.73. The molecule has 2 aromatic carbocycles. The molecule has 1 aliphatic rings. The van der Waals surface area contributed by atoms with Crippen LogP contribution in [0, 0.1) is 0 Å². The minimum atomic E-state index is -0.146. The van der Waals surface area contributed by atoms with Gasteiger partial charge in [-0.1, -0.05) is 0 Å². The zero-order chi connectivity index (χ0) is 20.1. The van der Waals surface area contributed by atoms with Gasteiger partial charge in [0, 0.05) is 43.5 Å². The Labute approximate surface area is 164 Å². The second kappa shape index (κ2) is 8.65. The van der Waals surface area contributed by atoms with Gasteiger partial charge in [-0.15, -0.1) is 0 Å². The van der Waals surface area contributed by atoms with E-state index in [0.717, 1.165) is 17.2 Å². The van der Waals surface area contributed by atoms with Crippen molar-refractivity contribution < 1.29 is 19.1 Å². The summed E-state index contributed by atoms with van der Waals surface area (Å²) in [6.07, 6.45) is 0. The van der Waals surface area contributed by atoms with Crippen LogP contribution in [-0.2, 0) is 0 Å². The minimum absolute atomic E-state index is 0.00182. The number of amides is 2. The normalized spacial score (nSPS) is 13.8. The van der Waals surface area contributed by atoms with E-state index in [-0.39, 0.29) is 11.8 Å². The summed E-state index contributed by atoms with van der Waals surface area (Å²) in [6.45, 7) is 4.10. The van der Waals surface area contributed by atoms with Gasteiger partial charge >= 0.3 is 6.03 Å². The maximum atomic E-state index is 12.5. The van der Waals surface area contributed by atoms with Gasteiger partial charge in [-0.25, -0.2) is 4.79 Å². The third-order valence-electron chi connectivity index (χ3n) is 4.84. The first-order valence-electron chi connectivity index (χ1n) is 9.15. The van der Waals surface area contributed by atoms with Crippen molar-refractivity contribution in [2.75, 3.05) is 50.6 Å². The number of benzene rings is 2. The van der Waals surface area contributed by atoms with Crippen molar-refractivity contribution in [3.8, 4) is 11.5 Å². The Morgan fingerprint density at radius 3 is 2.18 bits per heavy atom. The van der Waals surface area contributed by atoms with Crippen LogP contribution >= 0.6 is 0 Å². The molecule has 0 saturated carbocycles. The Bertz CT molecular complexity index is 843. The molecule has 0 atom stereocenters. The maximum Gasteiger partial charge on any atom is 0.321 e. The summed E-state index contributed by atoms with van der Waals surface area (Å²) in [5.74, 6) is 1.55. The number of Topliss-reactive ketones (excluding diaryl/α,β-unsaturated/α-hetero) is 1. The van der Waals surface area contributed by atoms with Crippen LogP contribution in [0.2, 0.25) is 0 Å². The fourth-order valence-electron chi connectivity index (χ4n) is 3.19. The molecule has 28 heavy (non-hydrogen) atoms. The molecule has 1 fully saturated rings. The Kier molecular flexibility index (Phi) is 6.03. The number of methoxy groups -OCH3 is 2. The SMILES string of the molecule is COc1ccc(OC)c(N2CCN(C(=O)Nc3ccc(C(C)=O)cc3)CC2)c1. The van der Waals surface area contributed by atoms with E-state index in [1.54, 1.807) is 43.4 Å². The summed E-state index contributed by atoms with van der Waals surface area (Å²) in [4.78, 5) is 27.8. The molecule has 1 saturated heterocycles. The van der Waals surface area contributed by atoms with Crippen molar-refractivity contribution in [3.05, 3.63) is 48.0 Å². The van der Waals surface area contributed by atoms with Gasteiger partial charge in [-0.05, 0) is 43.3 Å². The number of ether oxygens (including phenoxy) is 2. The molecule has 0 bridgehead atoms. The quantitative estimate of drug-likeness (QED) is 0.803. The highest BCUT2D eigenvalue weighted by Gasteiger charge is 2.23. The summed E-state index contributed by atoms with van der Waals surface area (Å²) >= 11 is 0. The number of carbonyl (C=O) groups excluding carboxylic acids is 2. The Morgan fingerprint density at radius 2 is 1.61 bits per heavy atom. The molecule has 1 heterocycles. The third kappa shape index (κ3) is 4.36. The molecular formula is C21H25N3O4. The summed E-state index contributed by atoms with van der Waals surface area (Å²) in [7, 11) is 3.28. The monoisotopic (exact) mass is 383 g/mol. The lowest BCUT2D eigenvalue weighted by atomic mass is 10.1. The van der Waals surface area contributed by atoms with Gasteiger partial charge in [-0.3, -0.25) is 4.79 Å². The highest BCUT2D eigenvalue weighted by Crippen LogP contribution is 2.32. The van der Waals surface area contributed by atoms with Crippen LogP contribution in [0.4, 0.5) is 16.2 Å². The number of piperazine rings is 1. The number of rotatable bonds is 5. The standard InChI is InChI=1S/C21H25N3O4/c1-15(25)16-4-6-17(7-5-16)22-21(26)24-12-10-23(11-13-24)19-14-18(27-2)8-9-20(19)28-3/h4-9,14H,10-13H2,1-3H3,(H,22,26). The zero-order valence-electron chi connectivity index (χ0n) is 16.4. The number of ketones is 1. The van der Waals surface area contributed by atoms with E-state index in [4.69, 9.17) is 9.47 Å². The van der Waals surface area contributed by atoms with Gasteiger partial charge < -0.3 is 24.6 Å². The van der Waals surface area contributed by atoms with Gasteiger partial charge in [0.1, 0.15) is 11.5 Å². The minimum Gasteiger partial charge on any atom is -0.497 e. The number of nitrogens with zero attached hydrogens (tertiary/aromatic N) is 2. The van der Waals surface area contributed by atoms with Crippen molar-refractivity contribution >= 4 is 23.2 Å². The molecule has 0 aliphatic carbocycles. The first-order valence-corrected chi connectivity index (χ1v) is 9.15. The van der Waals surface area contributed by atoms with E-state index < -0.39 is 0 Å². The van der Waals surface area contributed by atoms with Crippen molar-refractivity contribution in [2.45, 2.75) is 6.92 Å². The zero-order valence-corrected chi connectivity index (χ0v) is 16.4. The van der Waals surface area contributed by atoms with Gasteiger partial charge in [-0.2, -0.15) is 0 Å². The number of anilines is 2. The summed E-state index contributed by atoms with van der Waals surface area (Å²) < 4.78 is 10.8. The highest BCUT2D eigenvalue weighted by molar-refractivity contribution is 5.95. The lowest BCUT2D eigenvalue weighted by Crippen LogP contribution is -2.50. The van der Waals surface area contributed by atoms with Crippen molar-refractivity contribution in [3.63, 3.8) is 0 Å². The molecule has 148 valence electrons. The van der Waals surface area contributed by atoms with Crippen LogP contribution < -0.4 is 19.7 Å². The highest BCUT2D eigenvalue weighted by atomic mass is 16.5. The van der Waals surface area contributed by atoms with Crippen molar-refractivity contribution in [2.24, 2.45) is 0 Å². The summed E-state index contributed by atoms with van der Waals surface area (Å²) in [5, 5.41) is 2.89. The second-order valence-electron chi connectivity index (χ2n) is 6.58. The molecule has 0 aromatic heterocycles. The number of hydrogen-bond acceptors (Lipinski definition) is 5. The van der Waals surface area contributed by atoms with Gasteiger partial charge in [0.15, 0.2) is 5.78 Å². The van der Waals surface area contributed by atoms with E-state index >= 15 is 0 Å². The third-order valence-corrected chi connectivity index (χ3v) is 4.84. The topological polar surface area (TPSA) is 71.1 Å². The molecule has 2 amide bonds. The molecule has 3 rings (SSSR count). The summed E-state index contributed by atoms with van der Waals surface area (Å²) in [6, 6.07) is 12.5. The lowest BCUT2D eigenvalue weighted by Gasteiger charge is -2.36. The predicted molar refractivity (Wildman–Crippen MR) is 109 cm³/mol. The smallest absolute Gasteiger partial charge is 0.321 e. The summed E-state index contributed by atoms with van der Waals surface area (Å²) in [5.41, 5.74) is 2.26. The van der Waals surface area contributed by atoms with Crippen molar-refractivity contribution in [1.29, 1.82) is 0 Å². The van der Waals surface area contributed by atoms with E-state index in [0.29, 0.717) is 37.4 Å². The Morgan fingerprint density at radius 1 is 0.929 bits per heavy atom. The van der Waals surface area contributed by atoms with Crippen molar-refractivity contribution in [1.82, 2.24) is 4.90 Å². The fraction of sp³-hybridized carbons (Fsp3) is 0.333. The molecule has 0 radical (unpaired) electrons. The molecule has 1 aliphatic heterocycles. The van der Waals surface area contributed by atoms with Crippen LogP contribution in [0.3, 0.4) is 0 Å². The Balaban J connectivity index is 1.60.